The van der Waals surface area contributed by atoms with Gasteiger partial charge in [-0.25, -0.2) is 13.8 Å². The normalized spacial score (nSPS) is 12.2. The molecule has 0 bridgehead atoms. The highest BCUT2D eigenvalue weighted by molar-refractivity contribution is 5.84. The topological polar surface area (TPSA) is 81.8 Å². The van der Waals surface area contributed by atoms with Crippen molar-refractivity contribution in [1.29, 1.82) is 0 Å². The second-order valence-corrected chi connectivity index (χ2v) is 7.92. The van der Waals surface area contributed by atoms with Crippen LogP contribution in [0.3, 0.4) is 0 Å². The smallest absolute Gasteiger partial charge is 0.295 e. The van der Waals surface area contributed by atoms with Gasteiger partial charge in [-0.3, -0.25) is 9.59 Å². The number of aryl methyl sites for hydroxylation is 3. The third-order valence-corrected chi connectivity index (χ3v) is 5.53. The van der Waals surface area contributed by atoms with Gasteiger partial charge in [0.25, 0.3) is 5.56 Å². The Morgan fingerprint density at radius 1 is 1.09 bits per heavy atom. The van der Waals surface area contributed by atoms with Crippen molar-refractivity contribution in [3.63, 3.8) is 0 Å². The summed E-state index contributed by atoms with van der Waals surface area (Å²) < 4.78 is 16.2. The quantitative estimate of drug-likeness (QED) is 0.522. The minimum atomic E-state index is -0.857. The van der Waals surface area contributed by atoms with Crippen LogP contribution in [-0.2, 0) is 11.3 Å². The molecule has 0 aliphatic rings. The Bertz CT molecular complexity index is 1370. The number of amides is 1. The van der Waals surface area contributed by atoms with Crippen LogP contribution in [0.2, 0.25) is 0 Å². The summed E-state index contributed by atoms with van der Waals surface area (Å²) in [4.78, 5) is 25.9. The molecule has 7 nitrogen and oxygen atoms in total. The van der Waals surface area contributed by atoms with Crippen molar-refractivity contribution in [3.05, 3.63) is 87.2 Å². The van der Waals surface area contributed by atoms with Crippen molar-refractivity contribution < 1.29 is 9.18 Å². The lowest BCUT2D eigenvalue weighted by molar-refractivity contribution is -0.124. The molecular formula is C24H24FN5O2. The van der Waals surface area contributed by atoms with E-state index in [1.54, 1.807) is 30.7 Å². The molecule has 4 aromatic rings. The second kappa shape index (κ2) is 8.37. The lowest BCUT2D eigenvalue weighted by Gasteiger charge is -2.15. The first-order valence-electron chi connectivity index (χ1n) is 10.3. The first kappa shape index (κ1) is 21.4. The maximum atomic E-state index is 13.4. The Morgan fingerprint density at radius 2 is 1.81 bits per heavy atom. The monoisotopic (exact) mass is 433 g/mol. The predicted octanol–water partition coefficient (Wildman–Crippen LogP) is 3.52. The molecule has 32 heavy (non-hydrogen) atoms. The number of carbonyl (C=O) groups excluding carboxylic acids is 1. The molecule has 0 saturated heterocycles. The van der Waals surface area contributed by atoms with Crippen molar-refractivity contribution >= 4 is 16.8 Å². The number of hydrogen-bond acceptors (Lipinski definition) is 4. The van der Waals surface area contributed by atoms with E-state index in [0.717, 1.165) is 21.6 Å². The van der Waals surface area contributed by atoms with Crippen LogP contribution < -0.4 is 10.9 Å². The summed E-state index contributed by atoms with van der Waals surface area (Å²) >= 11 is 0. The van der Waals surface area contributed by atoms with E-state index in [-0.39, 0.29) is 17.9 Å². The summed E-state index contributed by atoms with van der Waals surface area (Å²) in [7, 11) is 0. The Labute approximate surface area is 184 Å². The van der Waals surface area contributed by atoms with Gasteiger partial charge in [0.2, 0.25) is 5.91 Å². The van der Waals surface area contributed by atoms with Crippen LogP contribution in [-0.4, -0.2) is 25.5 Å². The molecule has 164 valence electrons. The zero-order chi connectivity index (χ0) is 23.0. The van der Waals surface area contributed by atoms with Crippen LogP contribution in [0.4, 0.5) is 4.39 Å². The zero-order valence-electron chi connectivity index (χ0n) is 18.4. The lowest BCUT2D eigenvalue weighted by atomic mass is 10.2. The SMILES string of the molecule is Cc1ccc(-n2nc3c(=O)n([C@@H](C)C(=O)NCc4cccc(F)c4)nc(C)c3c2C)cc1. The number of hydrogen-bond donors (Lipinski definition) is 1. The zero-order valence-corrected chi connectivity index (χ0v) is 18.4. The fourth-order valence-corrected chi connectivity index (χ4v) is 3.75. The minimum Gasteiger partial charge on any atom is -0.350 e. The molecule has 2 heterocycles. The summed E-state index contributed by atoms with van der Waals surface area (Å²) in [5.74, 6) is -0.763. The molecule has 8 heteroatoms. The van der Waals surface area contributed by atoms with Gasteiger partial charge < -0.3 is 5.32 Å². The van der Waals surface area contributed by atoms with E-state index in [1.165, 1.54) is 12.1 Å². The number of rotatable bonds is 5. The van der Waals surface area contributed by atoms with Gasteiger partial charge in [-0.05, 0) is 57.5 Å². The van der Waals surface area contributed by atoms with Gasteiger partial charge in [-0.15, -0.1) is 0 Å². The van der Waals surface area contributed by atoms with Gasteiger partial charge in [0, 0.05) is 6.54 Å². The Morgan fingerprint density at radius 3 is 2.50 bits per heavy atom. The number of benzene rings is 2. The van der Waals surface area contributed by atoms with Crippen molar-refractivity contribution in [2.75, 3.05) is 0 Å². The largest absolute Gasteiger partial charge is 0.350 e. The number of fused-ring (bicyclic) bond motifs is 1. The Kier molecular flexibility index (Phi) is 5.61. The molecule has 0 fully saturated rings. The van der Waals surface area contributed by atoms with E-state index >= 15 is 0 Å². The van der Waals surface area contributed by atoms with Gasteiger partial charge in [-0.1, -0.05) is 29.8 Å². The van der Waals surface area contributed by atoms with E-state index in [1.807, 2.05) is 38.1 Å². The number of carbonyl (C=O) groups is 1. The highest BCUT2D eigenvalue weighted by Gasteiger charge is 2.23. The van der Waals surface area contributed by atoms with Crippen LogP contribution >= 0.6 is 0 Å². The molecule has 0 aliphatic carbocycles. The average molecular weight is 433 g/mol. The molecule has 1 amide bonds. The van der Waals surface area contributed by atoms with Gasteiger partial charge in [0.15, 0.2) is 5.52 Å². The van der Waals surface area contributed by atoms with Crippen molar-refractivity contribution in [3.8, 4) is 5.69 Å². The van der Waals surface area contributed by atoms with Gasteiger partial charge in [0.05, 0.1) is 22.5 Å². The Hall–Kier alpha value is -3.81. The summed E-state index contributed by atoms with van der Waals surface area (Å²) in [5, 5.41) is 12.4. The van der Waals surface area contributed by atoms with Crippen LogP contribution in [0.5, 0.6) is 0 Å². The van der Waals surface area contributed by atoms with Crippen molar-refractivity contribution in [1.82, 2.24) is 24.9 Å². The average Bonchev–Trinajstić information content (AvgIpc) is 3.12. The van der Waals surface area contributed by atoms with Crippen LogP contribution in [0.15, 0.2) is 53.3 Å². The lowest BCUT2D eigenvalue weighted by Crippen LogP contribution is -2.37. The summed E-state index contributed by atoms with van der Waals surface area (Å²) in [5.41, 5.74) is 3.84. The van der Waals surface area contributed by atoms with Crippen LogP contribution in [0.25, 0.3) is 16.6 Å². The number of nitrogens with one attached hydrogen (secondary N) is 1. The highest BCUT2D eigenvalue weighted by atomic mass is 19.1. The molecule has 0 spiro atoms. The first-order valence-corrected chi connectivity index (χ1v) is 10.3. The predicted molar refractivity (Wildman–Crippen MR) is 120 cm³/mol. The molecule has 1 atom stereocenters. The molecular weight excluding hydrogens is 409 g/mol. The van der Waals surface area contributed by atoms with Crippen molar-refractivity contribution in [2.45, 2.75) is 40.3 Å². The van der Waals surface area contributed by atoms with E-state index in [2.05, 4.69) is 15.5 Å². The number of halogens is 1. The Balaban J connectivity index is 1.67. The molecule has 4 rings (SSSR count). The van der Waals surface area contributed by atoms with Gasteiger partial charge in [-0.2, -0.15) is 10.2 Å². The van der Waals surface area contributed by atoms with E-state index < -0.39 is 17.5 Å². The number of aromatic nitrogens is 4. The molecule has 2 aromatic carbocycles. The standard InChI is InChI=1S/C24H24FN5O2/c1-14-8-10-20(11-9-14)29-16(3)21-15(2)27-30(24(32)22(21)28-29)17(4)23(31)26-13-18-6-5-7-19(25)12-18/h5-12,17H,13H2,1-4H3,(H,26,31)/t17-/m0/s1. The van der Waals surface area contributed by atoms with Crippen LogP contribution in [0.1, 0.15) is 35.5 Å². The van der Waals surface area contributed by atoms with Gasteiger partial charge >= 0.3 is 0 Å². The third-order valence-electron chi connectivity index (χ3n) is 5.53. The third kappa shape index (κ3) is 3.91. The summed E-state index contributed by atoms with van der Waals surface area (Å²) in [6.07, 6.45) is 0. The van der Waals surface area contributed by atoms with E-state index in [9.17, 15) is 14.0 Å². The summed E-state index contributed by atoms with van der Waals surface area (Å²) in [6, 6.07) is 13.0. The second-order valence-electron chi connectivity index (χ2n) is 7.92. The number of nitrogens with zero attached hydrogens (tertiary/aromatic N) is 4. The molecule has 1 N–H and O–H groups in total. The summed E-state index contributed by atoms with van der Waals surface area (Å²) in [6.45, 7) is 7.44. The molecule has 0 radical (unpaired) electrons. The van der Waals surface area contributed by atoms with E-state index in [4.69, 9.17) is 0 Å². The molecule has 2 aromatic heterocycles. The fraction of sp³-hybridized carbons (Fsp3) is 0.250. The molecule has 0 unspecified atom stereocenters. The van der Waals surface area contributed by atoms with E-state index in [0.29, 0.717) is 16.6 Å². The van der Waals surface area contributed by atoms with Crippen LogP contribution in [0, 0.1) is 26.6 Å². The van der Waals surface area contributed by atoms with Crippen molar-refractivity contribution in [2.24, 2.45) is 0 Å². The minimum absolute atomic E-state index is 0.151. The maximum absolute atomic E-state index is 13.4. The van der Waals surface area contributed by atoms with Gasteiger partial charge in [0.1, 0.15) is 11.9 Å². The first-order chi connectivity index (χ1) is 15.3. The maximum Gasteiger partial charge on any atom is 0.295 e. The highest BCUT2D eigenvalue weighted by Crippen LogP contribution is 2.22. The molecule has 0 saturated carbocycles. The fourth-order valence-electron chi connectivity index (χ4n) is 3.75. The molecule has 0 aliphatic heterocycles.